The molecule has 1 aliphatic rings. The Hall–Kier alpha value is -2.02. The van der Waals surface area contributed by atoms with Gasteiger partial charge in [-0.25, -0.2) is 9.37 Å². The van der Waals surface area contributed by atoms with Crippen LogP contribution in [0.4, 0.5) is 9.52 Å². The predicted octanol–water partition coefficient (Wildman–Crippen LogP) is 1.65. The molecule has 1 fully saturated rings. The van der Waals surface area contributed by atoms with Gasteiger partial charge in [-0.15, -0.1) is 0 Å². The molecule has 19 heavy (non-hydrogen) atoms. The van der Waals surface area contributed by atoms with Crippen LogP contribution < -0.4 is 10.6 Å². The highest BCUT2D eigenvalue weighted by molar-refractivity contribution is 7.22. The number of anilines is 1. The fraction of sp³-hybridized carbons (Fsp3) is 0.250. The van der Waals surface area contributed by atoms with Crippen molar-refractivity contribution in [1.82, 2.24) is 10.3 Å². The van der Waals surface area contributed by atoms with Crippen LogP contribution >= 0.6 is 11.3 Å². The van der Waals surface area contributed by atoms with Crippen LogP contribution in [0.15, 0.2) is 18.2 Å². The second-order valence-electron chi connectivity index (χ2n) is 4.28. The number of carbonyl (C=O) groups is 2. The molecule has 1 aromatic heterocycles. The Balaban J connectivity index is 1.81. The molecule has 3 rings (SSSR count). The largest absolute Gasteiger partial charge is 0.350 e. The Bertz CT molecular complexity index is 670. The van der Waals surface area contributed by atoms with E-state index in [1.165, 1.54) is 23.5 Å². The van der Waals surface area contributed by atoms with Gasteiger partial charge < -0.3 is 5.32 Å². The number of piperidine rings is 1. The van der Waals surface area contributed by atoms with Gasteiger partial charge in [-0.2, -0.15) is 0 Å². The molecule has 2 N–H and O–H groups in total. The molecule has 1 saturated heterocycles. The van der Waals surface area contributed by atoms with Gasteiger partial charge in [-0.3, -0.25) is 14.9 Å². The van der Waals surface area contributed by atoms with Gasteiger partial charge in [0.25, 0.3) is 0 Å². The van der Waals surface area contributed by atoms with E-state index < -0.39 is 6.04 Å². The third-order valence-corrected chi connectivity index (χ3v) is 3.84. The van der Waals surface area contributed by atoms with Crippen molar-refractivity contribution in [3.05, 3.63) is 24.0 Å². The number of amides is 2. The Morgan fingerprint density at radius 1 is 1.42 bits per heavy atom. The molecular weight excluding hydrogens is 269 g/mol. The molecule has 2 amide bonds. The number of nitrogens with one attached hydrogen (secondary N) is 2. The second kappa shape index (κ2) is 4.58. The maximum atomic E-state index is 13.1. The molecule has 0 saturated carbocycles. The van der Waals surface area contributed by atoms with Crippen LogP contribution in [-0.4, -0.2) is 22.8 Å². The van der Waals surface area contributed by atoms with Gasteiger partial charge in [-0.05, 0) is 24.6 Å². The van der Waals surface area contributed by atoms with Crippen molar-refractivity contribution in [3.8, 4) is 0 Å². The molecule has 2 aromatic rings. The molecule has 1 aromatic carbocycles. The third kappa shape index (κ3) is 2.41. The number of halogens is 1. The van der Waals surface area contributed by atoms with Gasteiger partial charge in [0.05, 0.1) is 10.2 Å². The van der Waals surface area contributed by atoms with Gasteiger partial charge in [0.2, 0.25) is 11.8 Å². The van der Waals surface area contributed by atoms with E-state index in [0.717, 1.165) is 4.70 Å². The molecule has 2 heterocycles. The number of aromatic nitrogens is 1. The van der Waals surface area contributed by atoms with Crippen molar-refractivity contribution < 1.29 is 14.0 Å². The Labute approximate surface area is 111 Å². The zero-order valence-electron chi connectivity index (χ0n) is 9.77. The first-order chi connectivity index (χ1) is 9.11. The predicted molar refractivity (Wildman–Crippen MR) is 69.4 cm³/mol. The van der Waals surface area contributed by atoms with E-state index in [1.807, 2.05) is 0 Å². The lowest BCUT2D eigenvalue weighted by atomic mass is 10.1. The van der Waals surface area contributed by atoms with Gasteiger partial charge in [-0.1, -0.05) is 11.3 Å². The molecule has 5 nitrogen and oxygen atoms in total. The lowest BCUT2D eigenvalue weighted by molar-refractivity contribution is -0.133. The molecule has 1 aliphatic heterocycles. The van der Waals surface area contributed by atoms with Crippen molar-refractivity contribution in [2.24, 2.45) is 0 Å². The normalized spacial score (nSPS) is 19.5. The average Bonchev–Trinajstić information content (AvgIpc) is 2.74. The standard InChI is InChI=1S/C12H10FN3O2S/c13-6-1-2-7-9(5-6)19-12(14-7)15-8-3-4-10(17)16-11(8)18/h1-2,5,8H,3-4H2,(H,14,15)(H,16,17,18). The van der Waals surface area contributed by atoms with Crippen molar-refractivity contribution in [1.29, 1.82) is 0 Å². The minimum Gasteiger partial charge on any atom is -0.350 e. The number of benzene rings is 1. The van der Waals surface area contributed by atoms with Crippen LogP contribution in [0.25, 0.3) is 10.2 Å². The first kappa shape index (κ1) is 12.0. The van der Waals surface area contributed by atoms with Crippen molar-refractivity contribution in [2.75, 3.05) is 5.32 Å². The fourth-order valence-corrected chi connectivity index (χ4v) is 2.88. The van der Waals surface area contributed by atoms with Crippen LogP contribution in [0, 0.1) is 5.82 Å². The number of thiazole rings is 1. The summed E-state index contributed by atoms with van der Waals surface area (Å²) in [5.41, 5.74) is 0.682. The smallest absolute Gasteiger partial charge is 0.249 e. The second-order valence-corrected chi connectivity index (χ2v) is 5.31. The van der Waals surface area contributed by atoms with Crippen LogP contribution in [0.2, 0.25) is 0 Å². The summed E-state index contributed by atoms with van der Waals surface area (Å²) in [4.78, 5) is 26.9. The molecule has 7 heteroatoms. The van der Waals surface area contributed by atoms with E-state index in [4.69, 9.17) is 0 Å². The Kier molecular flexibility index (Phi) is 2.90. The summed E-state index contributed by atoms with van der Waals surface area (Å²) in [7, 11) is 0. The van der Waals surface area contributed by atoms with Gasteiger partial charge >= 0.3 is 0 Å². The summed E-state index contributed by atoms with van der Waals surface area (Å²) in [6, 6.07) is 3.88. The Morgan fingerprint density at radius 3 is 3.05 bits per heavy atom. The summed E-state index contributed by atoms with van der Waals surface area (Å²) in [6.45, 7) is 0. The number of hydrogen-bond donors (Lipinski definition) is 2. The van der Waals surface area contributed by atoms with Crippen LogP contribution in [0.5, 0.6) is 0 Å². The number of nitrogens with zero attached hydrogens (tertiary/aromatic N) is 1. The van der Waals surface area contributed by atoms with Crippen molar-refractivity contribution >= 4 is 38.5 Å². The van der Waals surface area contributed by atoms with Crippen molar-refractivity contribution in [2.45, 2.75) is 18.9 Å². The molecule has 1 unspecified atom stereocenters. The van der Waals surface area contributed by atoms with Crippen LogP contribution in [0.3, 0.4) is 0 Å². The van der Waals surface area contributed by atoms with E-state index >= 15 is 0 Å². The first-order valence-electron chi connectivity index (χ1n) is 5.78. The molecular formula is C12H10FN3O2S. The average molecular weight is 279 g/mol. The van der Waals surface area contributed by atoms with E-state index in [1.54, 1.807) is 6.07 Å². The maximum absolute atomic E-state index is 13.1. The molecule has 0 spiro atoms. The summed E-state index contributed by atoms with van der Waals surface area (Å²) >= 11 is 1.28. The summed E-state index contributed by atoms with van der Waals surface area (Å²) in [5, 5.41) is 5.80. The van der Waals surface area contributed by atoms with Crippen LogP contribution in [-0.2, 0) is 9.59 Å². The Morgan fingerprint density at radius 2 is 2.26 bits per heavy atom. The van der Waals surface area contributed by atoms with E-state index in [2.05, 4.69) is 15.6 Å². The highest BCUT2D eigenvalue weighted by Gasteiger charge is 2.27. The molecule has 1 atom stereocenters. The van der Waals surface area contributed by atoms with Gasteiger partial charge in [0, 0.05) is 6.42 Å². The van der Waals surface area contributed by atoms with Gasteiger partial charge in [0.1, 0.15) is 11.9 Å². The van der Waals surface area contributed by atoms with E-state index in [-0.39, 0.29) is 17.6 Å². The summed E-state index contributed by atoms with van der Waals surface area (Å²) in [5.74, 6) is -0.917. The van der Waals surface area contributed by atoms with Gasteiger partial charge in [0.15, 0.2) is 5.13 Å². The topological polar surface area (TPSA) is 71.1 Å². The number of imide groups is 1. The summed E-state index contributed by atoms with van der Waals surface area (Å²) in [6.07, 6.45) is 0.748. The number of fused-ring (bicyclic) bond motifs is 1. The highest BCUT2D eigenvalue weighted by atomic mass is 32.1. The number of rotatable bonds is 2. The highest BCUT2D eigenvalue weighted by Crippen LogP contribution is 2.27. The van der Waals surface area contributed by atoms with E-state index in [9.17, 15) is 14.0 Å². The van der Waals surface area contributed by atoms with Crippen molar-refractivity contribution in [3.63, 3.8) is 0 Å². The summed E-state index contributed by atoms with van der Waals surface area (Å²) < 4.78 is 13.8. The minimum atomic E-state index is -0.469. The lowest BCUT2D eigenvalue weighted by Gasteiger charge is -2.21. The molecule has 0 radical (unpaired) electrons. The lowest BCUT2D eigenvalue weighted by Crippen LogP contribution is -2.47. The SMILES string of the molecule is O=C1CCC(Nc2nc3ccc(F)cc3s2)C(=O)N1. The molecule has 0 bridgehead atoms. The maximum Gasteiger partial charge on any atom is 0.249 e. The first-order valence-corrected chi connectivity index (χ1v) is 6.60. The number of carbonyl (C=O) groups excluding carboxylic acids is 2. The zero-order valence-corrected chi connectivity index (χ0v) is 10.6. The minimum absolute atomic E-state index is 0.255. The van der Waals surface area contributed by atoms with Crippen LogP contribution in [0.1, 0.15) is 12.8 Å². The third-order valence-electron chi connectivity index (χ3n) is 2.89. The fourth-order valence-electron chi connectivity index (χ4n) is 1.94. The number of hydrogen-bond acceptors (Lipinski definition) is 5. The molecule has 98 valence electrons. The monoisotopic (exact) mass is 279 g/mol. The quantitative estimate of drug-likeness (QED) is 0.820. The molecule has 0 aliphatic carbocycles. The van der Waals surface area contributed by atoms with E-state index in [0.29, 0.717) is 23.5 Å². The zero-order chi connectivity index (χ0) is 13.4.